The summed E-state index contributed by atoms with van der Waals surface area (Å²) in [5.41, 5.74) is 0. The molecule has 1 saturated carbocycles. The highest BCUT2D eigenvalue weighted by Gasteiger charge is 2.20. The molecule has 0 aromatic heterocycles. The Morgan fingerprint density at radius 2 is 2.27 bits per heavy atom. The van der Waals surface area contributed by atoms with Gasteiger partial charge in [0.25, 0.3) is 0 Å². The average Bonchev–Trinajstić information content (AvgIpc) is 3.09. The molecule has 2 rings (SSSR count). The van der Waals surface area contributed by atoms with Gasteiger partial charge < -0.3 is 10.1 Å². The number of amidine groups is 1. The van der Waals surface area contributed by atoms with Crippen molar-refractivity contribution in [3.05, 3.63) is 0 Å². The zero-order chi connectivity index (χ0) is 10.3. The molecule has 2 aliphatic rings. The Hall–Kier alpha value is -0.570. The Morgan fingerprint density at radius 3 is 3.00 bits per heavy atom. The van der Waals surface area contributed by atoms with Gasteiger partial charge >= 0.3 is 0 Å². The Balaban J connectivity index is 1.41. The highest BCUT2D eigenvalue weighted by atomic mass is 16.5. The summed E-state index contributed by atoms with van der Waals surface area (Å²) in [5.74, 6) is 2.10. The van der Waals surface area contributed by atoms with E-state index < -0.39 is 0 Å². The summed E-state index contributed by atoms with van der Waals surface area (Å²) < 4.78 is 5.57. The van der Waals surface area contributed by atoms with E-state index in [-0.39, 0.29) is 0 Å². The summed E-state index contributed by atoms with van der Waals surface area (Å²) in [7, 11) is 0. The molecule has 86 valence electrons. The normalized spacial score (nSPS) is 21.2. The van der Waals surface area contributed by atoms with Gasteiger partial charge in [0.15, 0.2) is 0 Å². The number of hydrogen-bond acceptors (Lipinski definition) is 3. The van der Waals surface area contributed by atoms with E-state index in [2.05, 4.69) is 10.3 Å². The molecule has 0 spiro atoms. The summed E-state index contributed by atoms with van der Waals surface area (Å²) >= 11 is 0. The van der Waals surface area contributed by atoms with Gasteiger partial charge in [0.05, 0.1) is 5.84 Å². The van der Waals surface area contributed by atoms with Crippen LogP contribution in [0.5, 0.6) is 0 Å². The van der Waals surface area contributed by atoms with E-state index in [1.807, 2.05) is 0 Å². The maximum Gasteiger partial charge on any atom is 0.0963 e. The zero-order valence-corrected chi connectivity index (χ0v) is 9.50. The molecule has 1 N–H and O–H groups in total. The third-order valence-electron chi connectivity index (χ3n) is 2.97. The van der Waals surface area contributed by atoms with Gasteiger partial charge in [-0.2, -0.15) is 0 Å². The molecule has 3 nitrogen and oxygen atoms in total. The fraction of sp³-hybridized carbons (Fsp3) is 0.917. The van der Waals surface area contributed by atoms with E-state index in [1.165, 1.54) is 31.5 Å². The maximum absolute atomic E-state index is 5.57. The van der Waals surface area contributed by atoms with Crippen molar-refractivity contribution in [3.63, 3.8) is 0 Å². The fourth-order valence-corrected chi connectivity index (χ4v) is 1.78. The monoisotopic (exact) mass is 210 g/mol. The molecule has 0 saturated heterocycles. The van der Waals surface area contributed by atoms with Crippen LogP contribution in [0.25, 0.3) is 0 Å². The molecule has 1 heterocycles. The molecule has 0 aromatic rings. The first kappa shape index (κ1) is 10.9. The van der Waals surface area contributed by atoms with Crippen LogP contribution in [0.4, 0.5) is 0 Å². The van der Waals surface area contributed by atoms with Gasteiger partial charge in [-0.1, -0.05) is 0 Å². The molecule has 1 aliphatic heterocycles. The van der Waals surface area contributed by atoms with Crippen LogP contribution in [0, 0.1) is 5.92 Å². The van der Waals surface area contributed by atoms with Crippen molar-refractivity contribution in [2.75, 3.05) is 26.3 Å². The predicted molar refractivity (Wildman–Crippen MR) is 62.3 cm³/mol. The molecule has 0 unspecified atom stereocenters. The third-order valence-corrected chi connectivity index (χ3v) is 2.97. The number of nitrogens with one attached hydrogen (secondary N) is 1. The molecular formula is C12H22N2O. The summed E-state index contributed by atoms with van der Waals surface area (Å²) in [4.78, 5) is 4.45. The van der Waals surface area contributed by atoms with Crippen LogP contribution in [0.2, 0.25) is 0 Å². The van der Waals surface area contributed by atoms with Crippen LogP contribution in [0.3, 0.4) is 0 Å². The quantitative estimate of drug-likeness (QED) is 0.680. The van der Waals surface area contributed by atoms with E-state index in [9.17, 15) is 0 Å². The first-order chi connectivity index (χ1) is 7.45. The summed E-state index contributed by atoms with van der Waals surface area (Å²) in [6.07, 6.45) is 7.57. The standard InChI is InChI=1S/C12H22N2O/c1-2-7-13-12(4-1)14-8-3-9-15-10-11-5-6-11/h11H,1-10H2,(H,13,14). The topological polar surface area (TPSA) is 33.6 Å². The molecule has 0 atom stereocenters. The lowest BCUT2D eigenvalue weighted by Gasteiger charge is -2.13. The Morgan fingerprint density at radius 1 is 1.33 bits per heavy atom. The number of rotatable bonds is 6. The van der Waals surface area contributed by atoms with Gasteiger partial charge in [0.1, 0.15) is 0 Å². The lowest BCUT2D eigenvalue weighted by atomic mass is 10.2. The minimum atomic E-state index is 0.890. The number of hydrogen-bond donors (Lipinski definition) is 1. The molecule has 1 fully saturated rings. The van der Waals surface area contributed by atoms with Crippen LogP contribution in [0.1, 0.15) is 38.5 Å². The number of nitrogens with zero attached hydrogens (tertiary/aromatic N) is 1. The van der Waals surface area contributed by atoms with Crippen LogP contribution in [-0.4, -0.2) is 32.1 Å². The second kappa shape index (κ2) is 6.11. The molecule has 0 bridgehead atoms. The number of ether oxygens (including phenoxy) is 1. The SMILES string of the molecule is C1CCC(NCCCOCC2CC2)=NC1. The highest BCUT2D eigenvalue weighted by molar-refractivity contribution is 5.82. The van der Waals surface area contributed by atoms with Gasteiger partial charge in [0, 0.05) is 32.7 Å². The molecule has 0 radical (unpaired) electrons. The van der Waals surface area contributed by atoms with Gasteiger partial charge in [-0.25, -0.2) is 0 Å². The van der Waals surface area contributed by atoms with Crippen LogP contribution in [0.15, 0.2) is 4.99 Å². The second-order valence-electron chi connectivity index (χ2n) is 4.58. The van der Waals surface area contributed by atoms with Gasteiger partial charge in [0.2, 0.25) is 0 Å². The van der Waals surface area contributed by atoms with E-state index in [0.717, 1.165) is 45.1 Å². The van der Waals surface area contributed by atoms with Crippen molar-refractivity contribution in [2.24, 2.45) is 10.9 Å². The van der Waals surface area contributed by atoms with Crippen molar-refractivity contribution in [1.82, 2.24) is 5.32 Å². The lowest BCUT2D eigenvalue weighted by molar-refractivity contribution is 0.123. The van der Waals surface area contributed by atoms with Crippen LogP contribution in [-0.2, 0) is 4.74 Å². The van der Waals surface area contributed by atoms with E-state index in [1.54, 1.807) is 0 Å². The summed E-state index contributed by atoms with van der Waals surface area (Å²) in [6, 6.07) is 0. The third kappa shape index (κ3) is 4.65. The van der Waals surface area contributed by atoms with Crippen molar-refractivity contribution < 1.29 is 4.74 Å². The Labute approximate surface area is 92.3 Å². The first-order valence-electron chi connectivity index (χ1n) is 6.30. The fourth-order valence-electron chi connectivity index (χ4n) is 1.78. The van der Waals surface area contributed by atoms with Crippen molar-refractivity contribution in [1.29, 1.82) is 0 Å². The molecule has 1 aliphatic carbocycles. The van der Waals surface area contributed by atoms with Crippen LogP contribution < -0.4 is 5.32 Å². The second-order valence-corrected chi connectivity index (χ2v) is 4.58. The molecule has 0 amide bonds. The Kier molecular flexibility index (Phi) is 4.45. The van der Waals surface area contributed by atoms with Crippen molar-refractivity contribution in [2.45, 2.75) is 38.5 Å². The van der Waals surface area contributed by atoms with Gasteiger partial charge in [-0.3, -0.25) is 4.99 Å². The smallest absolute Gasteiger partial charge is 0.0963 e. The predicted octanol–water partition coefficient (Wildman–Crippen LogP) is 1.98. The van der Waals surface area contributed by atoms with E-state index in [0.29, 0.717) is 0 Å². The minimum Gasteiger partial charge on any atom is -0.381 e. The minimum absolute atomic E-state index is 0.890. The molecule has 3 heteroatoms. The molecular weight excluding hydrogens is 188 g/mol. The molecule has 15 heavy (non-hydrogen) atoms. The zero-order valence-electron chi connectivity index (χ0n) is 9.50. The van der Waals surface area contributed by atoms with Gasteiger partial charge in [-0.15, -0.1) is 0 Å². The lowest BCUT2D eigenvalue weighted by Crippen LogP contribution is -2.27. The van der Waals surface area contributed by atoms with Crippen molar-refractivity contribution in [3.8, 4) is 0 Å². The first-order valence-corrected chi connectivity index (χ1v) is 6.30. The maximum atomic E-state index is 5.57. The molecule has 0 aromatic carbocycles. The van der Waals surface area contributed by atoms with Crippen LogP contribution >= 0.6 is 0 Å². The largest absolute Gasteiger partial charge is 0.381 e. The average molecular weight is 210 g/mol. The van der Waals surface area contributed by atoms with E-state index >= 15 is 0 Å². The van der Waals surface area contributed by atoms with E-state index in [4.69, 9.17) is 4.74 Å². The highest BCUT2D eigenvalue weighted by Crippen LogP contribution is 2.28. The van der Waals surface area contributed by atoms with Gasteiger partial charge in [-0.05, 0) is 38.0 Å². The number of aliphatic imine (C=N–C) groups is 1. The Bertz CT molecular complexity index is 212. The summed E-state index contributed by atoms with van der Waals surface area (Å²) in [5, 5.41) is 3.40. The van der Waals surface area contributed by atoms with Crippen molar-refractivity contribution >= 4 is 5.84 Å². The summed E-state index contributed by atoms with van der Waals surface area (Å²) in [6.45, 7) is 3.92.